The van der Waals surface area contributed by atoms with Crippen LogP contribution >= 0.6 is 0 Å². The van der Waals surface area contributed by atoms with Crippen molar-refractivity contribution in [1.29, 1.82) is 0 Å². The van der Waals surface area contributed by atoms with E-state index in [2.05, 4.69) is 25.8 Å². The Balaban J connectivity index is 1.85. The molecule has 0 fully saturated rings. The molecule has 1 aliphatic rings. The fourth-order valence-corrected chi connectivity index (χ4v) is 2.87. The van der Waals surface area contributed by atoms with E-state index < -0.39 is 0 Å². The van der Waals surface area contributed by atoms with Crippen LogP contribution in [0.25, 0.3) is 0 Å². The van der Waals surface area contributed by atoms with Crippen LogP contribution in [0.15, 0.2) is 16.8 Å². The third kappa shape index (κ3) is 2.45. The number of fused-ring (bicyclic) bond motifs is 1. The number of amides is 1. The summed E-state index contributed by atoms with van der Waals surface area (Å²) in [4.78, 5) is 19.1. The molecule has 0 aliphatic carbocycles. The fraction of sp³-hybridized carbons (Fsp3) is 0.529. The first-order valence-electron chi connectivity index (χ1n) is 7.66. The van der Waals surface area contributed by atoms with Gasteiger partial charge >= 0.3 is 0 Å². The van der Waals surface area contributed by atoms with Crippen molar-refractivity contribution in [2.75, 3.05) is 6.54 Å². The summed E-state index contributed by atoms with van der Waals surface area (Å²) in [6, 6.07) is 1.89. The Morgan fingerprint density at radius 1 is 1.36 bits per heavy atom. The molecule has 1 aliphatic heterocycles. The predicted octanol–water partition coefficient (Wildman–Crippen LogP) is 2.82. The van der Waals surface area contributed by atoms with Gasteiger partial charge in [0.25, 0.3) is 5.91 Å². The van der Waals surface area contributed by atoms with E-state index in [1.165, 1.54) is 5.69 Å². The Morgan fingerprint density at radius 3 is 2.73 bits per heavy atom. The van der Waals surface area contributed by atoms with Gasteiger partial charge in [0.2, 0.25) is 0 Å². The molecule has 0 unspecified atom stereocenters. The minimum atomic E-state index is -0.0979. The first kappa shape index (κ1) is 14.9. The average molecular weight is 301 g/mol. The number of carbonyl (C=O) groups excluding carboxylic acids is 1. The zero-order valence-electron chi connectivity index (χ0n) is 13.9. The summed E-state index contributed by atoms with van der Waals surface area (Å²) in [6.07, 6.45) is 2.67. The van der Waals surface area contributed by atoms with Crippen molar-refractivity contribution in [3.8, 4) is 0 Å². The standard InChI is InChI=1S/C17H23N3O2/c1-11-12(8-15(22-11)17(2,3)4)16(21)20-7-6-14-13(9-20)18-10-19(14)5/h8,10H,6-7,9H2,1-5H3. The lowest BCUT2D eigenvalue weighted by atomic mass is 9.93. The highest BCUT2D eigenvalue weighted by Gasteiger charge is 2.28. The van der Waals surface area contributed by atoms with Crippen molar-refractivity contribution in [3.63, 3.8) is 0 Å². The third-order valence-electron chi connectivity index (χ3n) is 4.28. The zero-order valence-corrected chi connectivity index (χ0v) is 13.9. The Kier molecular flexibility index (Phi) is 3.38. The molecule has 5 heteroatoms. The number of carbonyl (C=O) groups is 1. The SMILES string of the molecule is Cc1oc(C(C)(C)C)cc1C(=O)N1CCc2c(ncn2C)C1. The van der Waals surface area contributed by atoms with Crippen LogP contribution in [0.3, 0.4) is 0 Å². The van der Waals surface area contributed by atoms with Crippen LogP contribution in [0.1, 0.15) is 54.0 Å². The van der Waals surface area contributed by atoms with Gasteiger partial charge in [-0.1, -0.05) is 20.8 Å². The lowest BCUT2D eigenvalue weighted by Gasteiger charge is -2.26. The molecule has 5 nitrogen and oxygen atoms in total. The number of imidazole rings is 1. The first-order chi connectivity index (χ1) is 10.3. The lowest BCUT2D eigenvalue weighted by Crippen LogP contribution is -2.36. The summed E-state index contributed by atoms with van der Waals surface area (Å²) in [5.41, 5.74) is 2.80. The summed E-state index contributed by atoms with van der Waals surface area (Å²) < 4.78 is 7.84. The van der Waals surface area contributed by atoms with Crippen molar-refractivity contribution in [2.24, 2.45) is 7.05 Å². The van der Waals surface area contributed by atoms with E-state index in [1.54, 1.807) is 0 Å². The maximum absolute atomic E-state index is 12.8. The van der Waals surface area contributed by atoms with E-state index in [0.717, 1.165) is 24.4 Å². The van der Waals surface area contributed by atoms with Gasteiger partial charge in [-0.3, -0.25) is 4.79 Å². The summed E-state index contributed by atoms with van der Waals surface area (Å²) >= 11 is 0. The molecule has 3 heterocycles. The largest absolute Gasteiger partial charge is 0.465 e. The van der Waals surface area contributed by atoms with E-state index >= 15 is 0 Å². The van der Waals surface area contributed by atoms with Gasteiger partial charge in [0, 0.05) is 31.1 Å². The number of rotatable bonds is 1. The van der Waals surface area contributed by atoms with Gasteiger partial charge in [-0.05, 0) is 13.0 Å². The van der Waals surface area contributed by atoms with E-state index in [9.17, 15) is 4.79 Å². The Labute approximate surface area is 130 Å². The summed E-state index contributed by atoms with van der Waals surface area (Å²) in [7, 11) is 2.00. The normalized spacial score (nSPS) is 15.0. The molecule has 0 atom stereocenters. The van der Waals surface area contributed by atoms with Gasteiger partial charge in [-0.2, -0.15) is 0 Å². The van der Waals surface area contributed by atoms with E-state index in [0.29, 0.717) is 17.9 Å². The van der Waals surface area contributed by atoms with Crippen LogP contribution in [0, 0.1) is 6.92 Å². The predicted molar refractivity (Wildman–Crippen MR) is 83.8 cm³/mol. The fourth-order valence-electron chi connectivity index (χ4n) is 2.87. The molecule has 0 bridgehead atoms. The number of aryl methyl sites for hydroxylation is 2. The highest BCUT2D eigenvalue weighted by molar-refractivity contribution is 5.95. The molecule has 0 N–H and O–H groups in total. The number of aromatic nitrogens is 2. The monoisotopic (exact) mass is 301 g/mol. The maximum atomic E-state index is 12.8. The van der Waals surface area contributed by atoms with Crippen LogP contribution in [-0.2, 0) is 25.4 Å². The van der Waals surface area contributed by atoms with Gasteiger partial charge < -0.3 is 13.9 Å². The van der Waals surface area contributed by atoms with E-state index in [-0.39, 0.29) is 11.3 Å². The molecule has 118 valence electrons. The summed E-state index contributed by atoms with van der Waals surface area (Å²) in [6.45, 7) is 9.41. The lowest BCUT2D eigenvalue weighted by molar-refractivity contribution is 0.0729. The van der Waals surface area contributed by atoms with Crippen LogP contribution in [0.4, 0.5) is 0 Å². The Morgan fingerprint density at radius 2 is 2.09 bits per heavy atom. The minimum absolute atomic E-state index is 0.0352. The van der Waals surface area contributed by atoms with Gasteiger partial charge in [0.15, 0.2) is 0 Å². The van der Waals surface area contributed by atoms with E-state index in [4.69, 9.17) is 4.42 Å². The molecular formula is C17H23N3O2. The summed E-state index contributed by atoms with van der Waals surface area (Å²) in [5, 5.41) is 0. The maximum Gasteiger partial charge on any atom is 0.257 e. The molecule has 0 saturated heterocycles. The van der Waals surface area contributed by atoms with Crippen LogP contribution < -0.4 is 0 Å². The third-order valence-corrected chi connectivity index (χ3v) is 4.28. The molecule has 0 spiro atoms. The van der Waals surface area contributed by atoms with E-state index in [1.807, 2.05) is 35.8 Å². The smallest absolute Gasteiger partial charge is 0.257 e. The molecular weight excluding hydrogens is 278 g/mol. The zero-order chi connectivity index (χ0) is 16.1. The van der Waals surface area contributed by atoms with Gasteiger partial charge in [0.05, 0.1) is 24.1 Å². The van der Waals surface area contributed by atoms with Gasteiger partial charge in [0.1, 0.15) is 11.5 Å². The van der Waals surface area contributed by atoms with Crippen LogP contribution in [0.2, 0.25) is 0 Å². The summed E-state index contributed by atoms with van der Waals surface area (Å²) in [5.74, 6) is 1.58. The number of hydrogen-bond donors (Lipinski definition) is 0. The minimum Gasteiger partial charge on any atom is -0.465 e. The van der Waals surface area contributed by atoms with Crippen molar-refractivity contribution in [2.45, 2.75) is 46.1 Å². The second-order valence-corrected chi connectivity index (χ2v) is 7.06. The molecule has 1 amide bonds. The van der Waals surface area contributed by atoms with Crippen molar-refractivity contribution in [3.05, 3.63) is 40.9 Å². The molecule has 22 heavy (non-hydrogen) atoms. The quantitative estimate of drug-likeness (QED) is 0.814. The number of hydrogen-bond acceptors (Lipinski definition) is 3. The highest BCUT2D eigenvalue weighted by atomic mass is 16.3. The molecule has 2 aromatic rings. The second kappa shape index (κ2) is 5.00. The first-order valence-corrected chi connectivity index (χ1v) is 7.66. The highest BCUT2D eigenvalue weighted by Crippen LogP contribution is 2.28. The second-order valence-electron chi connectivity index (χ2n) is 7.06. The number of furan rings is 1. The van der Waals surface area contributed by atoms with Gasteiger partial charge in [-0.15, -0.1) is 0 Å². The van der Waals surface area contributed by atoms with Crippen LogP contribution in [-0.4, -0.2) is 26.9 Å². The molecule has 2 aromatic heterocycles. The molecule has 0 saturated carbocycles. The number of nitrogens with zero attached hydrogens (tertiary/aromatic N) is 3. The van der Waals surface area contributed by atoms with Crippen molar-refractivity contribution < 1.29 is 9.21 Å². The van der Waals surface area contributed by atoms with Crippen molar-refractivity contribution >= 4 is 5.91 Å². The molecule has 0 radical (unpaired) electrons. The van der Waals surface area contributed by atoms with Crippen LogP contribution in [0.5, 0.6) is 0 Å². The molecule has 0 aromatic carbocycles. The topological polar surface area (TPSA) is 51.3 Å². The Bertz CT molecular complexity index is 719. The molecule has 3 rings (SSSR count). The average Bonchev–Trinajstić information content (AvgIpc) is 3.01. The van der Waals surface area contributed by atoms with Crippen molar-refractivity contribution in [1.82, 2.24) is 14.5 Å². The van der Waals surface area contributed by atoms with Gasteiger partial charge in [-0.25, -0.2) is 4.98 Å². The Hall–Kier alpha value is -2.04.